The van der Waals surface area contributed by atoms with Crippen LogP contribution in [0.1, 0.15) is 19.8 Å². The molecule has 0 aliphatic carbocycles. The Labute approximate surface area is 123 Å². The van der Waals surface area contributed by atoms with Gasteiger partial charge in [-0.3, -0.25) is 9.69 Å². The predicted molar refractivity (Wildman–Crippen MR) is 78.4 cm³/mol. The van der Waals surface area contributed by atoms with E-state index in [1.165, 1.54) is 18.2 Å². The number of likely N-dealkylation sites (tertiary alicyclic amines) is 1. The molecule has 0 radical (unpaired) electrons. The molecule has 1 aromatic rings. The van der Waals surface area contributed by atoms with Gasteiger partial charge in [0.2, 0.25) is 5.91 Å². The number of rotatable bonds is 3. The molecule has 2 bridgehead atoms. The molecule has 0 spiro atoms. The molecular formula is C15H20FN3O2. The number of nitrogens with zero attached hydrogens (tertiary/aromatic N) is 1. The number of nitrogens with one attached hydrogen (secondary N) is 1. The molecule has 3 N–H and O–H groups in total. The van der Waals surface area contributed by atoms with Crippen LogP contribution in [0.15, 0.2) is 18.2 Å². The van der Waals surface area contributed by atoms with Gasteiger partial charge in [-0.1, -0.05) is 0 Å². The number of benzene rings is 1. The largest absolute Gasteiger partial charge is 0.399 e. The van der Waals surface area contributed by atoms with Crippen molar-refractivity contribution >= 4 is 17.3 Å². The summed E-state index contributed by atoms with van der Waals surface area (Å²) in [4.78, 5) is 14.4. The summed E-state index contributed by atoms with van der Waals surface area (Å²) in [5.74, 6) is -0.701. The van der Waals surface area contributed by atoms with E-state index >= 15 is 0 Å². The van der Waals surface area contributed by atoms with Gasteiger partial charge < -0.3 is 15.8 Å². The van der Waals surface area contributed by atoms with Gasteiger partial charge in [-0.2, -0.15) is 0 Å². The van der Waals surface area contributed by atoms with Crippen LogP contribution in [0.4, 0.5) is 15.8 Å². The summed E-state index contributed by atoms with van der Waals surface area (Å²) >= 11 is 0. The first-order valence-electron chi connectivity index (χ1n) is 7.28. The molecule has 2 fully saturated rings. The van der Waals surface area contributed by atoms with E-state index in [1.807, 2.05) is 6.92 Å². The number of hydrogen-bond donors (Lipinski definition) is 2. The number of amides is 1. The Balaban J connectivity index is 1.66. The molecule has 3 atom stereocenters. The van der Waals surface area contributed by atoms with Crippen LogP contribution in [0.5, 0.6) is 0 Å². The van der Waals surface area contributed by atoms with E-state index in [1.54, 1.807) is 0 Å². The van der Waals surface area contributed by atoms with Gasteiger partial charge >= 0.3 is 0 Å². The van der Waals surface area contributed by atoms with Crippen LogP contribution in [0.2, 0.25) is 0 Å². The Morgan fingerprint density at radius 1 is 1.43 bits per heavy atom. The van der Waals surface area contributed by atoms with Crippen LogP contribution in [0.25, 0.3) is 0 Å². The van der Waals surface area contributed by atoms with Crippen LogP contribution in [0, 0.1) is 5.82 Å². The highest BCUT2D eigenvalue weighted by Gasteiger charge is 2.37. The number of ether oxygens (including phenoxy) is 1. The summed E-state index contributed by atoms with van der Waals surface area (Å²) in [6.07, 6.45) is 2.56. The van der Waals surface area contributed by atoms with Crippen molar-refractivity contribution in [2.75, 3.05) is 24.1 Å². The highest BCUT2D eigenvalue weighted by molar-refractivity contribution is 5.95. The summed E-state index contributed by atoms with van der Waals surface area (Å²) in [6, 6.07) is 3.83. The van der Waals surface area contributed by atoms with E-state index in [2.05, 4.69) is 10.2 Å². The highest BCUT2D eigenvalue weighted by Crippen LogP contribution is 2.27. The molecular weight excluding hydrogens is 273 g/mol. The zero-order chi connectivity index (χ0) is 15.0. The molecule has 3 unspecified atom stereocenters. The number of nitrogens with two attached hydrogens (primary N) is 1. The average Bonchev–Trinajstić information content (AvgIpc) is 2.80. The lowest BCUT2D eigenvalue weighted by atomic mass is 10.2. The first-order chi connectivity index (χ1) is 10.0. The molecule has 2 heterocycles. The van der Waals surface area contributed by atoms with Crippen molar-refractivity contribution < 1.29 is 13.9 Å². The van der Waals surface area contributed by atoms with Gasteiger partial charge in [0.05, 0.1) is 23.9 Å². The van der Waals surface area contributed by atoms with E-state index in [9.17, 15) is 9.18 Å². The fourth-order valence-electron chi connectivity index (χ4n) is 3.00. The minimum absolute atomic E-state index is 0.128. The van der Waals surface area contributed by atoms with Gasteiger partial charge in [-0.15, -0.1) is 0 Å². The third-order valence-corrected chi connectivity index (χ3v) is 4.25. The van der Waals surface area contributed by atoms with E-state index in [-0.39, 0.29) is 29.8 Å². The number of carbonyl (C=O) groups excluding carboxylic acids is 1. The zero-order valence-electron chi connectivity index (χ0n) is 12.0. The molecule has 2 aliphatic rings. The maximum atomic E-state index is 13.7. The first-order valence-corrected chi connectivity index (χ1v) is 7.28. The van der Waals surface area contributed by atoms with E-state index in [0.717, 1.165) is 25.9 Å². The number of morpholine rings is 1. The molecule has 1 aromatic carbocycles. The topological polar surface area (TPSA) is 67.6 Å². The van der Waals surface area contributed by atoms with Gasteiger partial charge in [-0.25, -0.2) is 4.39 Å². The summed E-state index contributed by atoms with van der Waals surface area (Å²) in [5, 5.41) is 2.62. The van der Waals surface area contributed by atoms with Gasteiger partial charge in [0.1, 0.15) is 5.82 Å². The van der Waals surface area contributed by atoms with E-state index in [0.29, 0.717) is 5.69 Å². The summed E-state index contributed by atoms with van der Waals surface area (Å²) in [6.45, 7) is 3.35. The standard InChI is InChI=1S/C15H20FN3O2/c1-9(19-7-11-3-4-12(8-19)21-11)15(20)18-14-6-10(17)2-5-13(14)16/h2,5-6,9,11-12H,3-4,7-8,17H2,1H3,(H,18,20). The number of hydrogen-bond acceptors (Lipinski definition) is 4. The van der Waals surface area contributed by atoms with Crippen molar-refractivity contribution in [3.05, 3.63) is 24.0 Å². The minimum Gasteiger partial charge on any atom is -0.399 e. The van der Waals surface area contributed by atoms with Gasteiger partial charge in [-0.05, 0) is 38.0 Å². The minimum atomic E-state index is -0.480. The van der Waals surface area contributed by atoms with Crippen LogP contribution in [-0.4, -0.2) is 42.1 Å². The van der Waals surface area contributed by atoms with Crippen LogP contribution in [-0.2, 0) is 9.53 Å². The van der Waals surface area contributed by atoms with Crippen molar-refractivity contribution in [2.24, 2.45) is 0 Å². The second-order valence-corrected chi connectivity index (χ2v) is 5.82. The normalized spacial score (nSPS) is 26.6. The summed E-state index contributed by atoms with van der Waals surface area (Å²) in [5.41, 5.74) is 6.17. The maximum absolute atomic E-state index is 13.7. The molecule has 114 valence electrons. The molecule has 0 aromatic heterocycles. The van der Waals surface area contributed by atoms with Crippen molar-refractivity contribution in [1.82, 2.24) is 4.90 Å². The number of carbonyl (C=O) groups is 1. The number of halogens is 1. The van der Waals surface area contributed by atoms with Crippen LogP contribution in [0.3, 0.4) is 0 Å². The third-order valence-electron chi connectivity index (χ3n) is 4.25. The van der Waals surface area contributed by atoms with Crippen molar-refractivity contribution in [3.63, 3.8) is 0 Å². The SMILES string of the molecule is CC(C(=O)Nc1cc(N)ccc1F)N1CC2CCC(C1)O2. The lowest BCUT2D eigenvalue weighted by Crippen LogP contribution is -2.51. The molecule has 1 amide bonds. The molecule has 5 nitrogen and oxygen atoms in total. The second-order valence-electron chi connectivity index (χ2n) is 5.82. The fraction of sp³-hybridized carbons (Fsp3) is 0.533. The lowest BCUT2D eigenvalue weighted by Gasteiger charge is -2.35. The zero-order valence-corrected chi connectivity index (χ0v) is 12.0. The monoisotopic (exact) mass is 293 g/mol. The van der Waals surface area contributed by atoms with Crippen molar-refractivity contribution in [3.8, 4) is 0 Å². The van der Waals surface area contributed by atoms with Gasteiger partial charge in [0, 0.05) is 18.8 Å². The second kappa shape index (κ2) is 5.61. The van der Waals surface area contributed by atoms with Gasteiger partial charge in [0.25, 0.3) is 0 Å². The number of anilines is 2. The van der Waals surface area contributed by atoms with Crippen LogP contribution >= 0.6 is 0 Å². The Morgan fingerprint density at radius 3 is 2.76 bits per heavy atom. The van der Waals surface area contributed by atoms with E-state index in [4.69, 9.17) is 10.5 Å². The molecule has 3 rings (SSSR count). The Bertz CT molecular complexity index is 540. The Hall–Kier alpha value is -1.66. The Kier molecular flexibility index (Phi) is 3.82. The van der Waals surface area contributed by atoms with Gasteiger partial charge in [0.15, 0.2) is 0 Å². The number of nitrogen functional groups attached to an aromatic ring is 1. The quantitative estimate of drug-likeness (QED) is 0.831. The maximum Gasteiger partial charge on any atom is 0.241 e. The average molecular weight is 293 g/mol. The molecule has 21 heavy (non-hydrogen) atoms. The summed E-state index contributed by atoms with van der Waals surface area (Å²) in [7, 11) is 0. The molecule has 2 aliphatic heterocycles. The lowest BCUT2D eigenvalue weighted by molar-refractivity contribution is -0.124. The first kappa shape index (κ1) is 14.3. The summed E-state index contributed by atoms with van der Waals surface area (Å²) < 4.78 is 19.4. The molecule has 2 saturated heterocycles. The Morgan fingerprint density at radius 2 is 2.10 bits per heavy atom. The predicted octanol–water partition coefficient (Wildman–Crippen LogP) is 1.60. The van der Waals surface area contributed by atoms with E-state index < -0.39 is 5.82 Å². The van der Waals surface area contributed by atoms with Crippen molar-refractivity contribution in [1.29, 1.82) is 0 Å². The molecule has 0 saturated carbocycles. The highest BCUT2D eigenvalue weighted by atomic mass is 19.1. The van der Waals surface area contributed by atoms with Crippen LogP contribution < -0.4 is 11.1 Å². The number of fused-ring (bicyclic) bond motifs is 2. The van der Waals surface area contributed by atoms with Crippen molar-refractivity contribution in [2.45, 2.75) is 38.0 Å². The fourth-order valence-corrected chi connectivity index (χ4v) is 3.00. The molecule has 6 heteroatoms. The smallest absolute Gasteiger partial charge is 0.241 e. The third kappa shape index (κ3) is 3.01.